The molecule has 0 N–H and O–H groups in total. The van der Waals surface area contributed by atoms with E-state index in [0.29, 0.717) is 18.2 Å². The number of amides is 1. The number of carbonyl (C=O) groups is 1. The minimum atomic E-state index is -0.0527. The normalized spacial score (nSPS) is 17.8. The minimum Gasteiger partial charge on any atom is -0.470 e. The van der Waals surface area contributed by atoms with Gasteiger partial charge in [-0.3, -0.25) is 4.79 Å². The molecule has 3 rings (SSSR count). The number of hydrogen-bond donors (Lipinski definition) is 0. The topological polar surface area (TPSA) is 58.6 Å². The van der Waals surface area contributed by atoms with Crippen LogP contribution in [0.25, 0.3) is 0 Å². The number of nitrogens with zero attached hydrogens (tertiary/aromatic N) is 4. The van der Waals surface area contributed by atoms with Gasteiger partial charge in [0, 0.05) is 33.0 Å². The molecule has 0 spiro atoms. The summed E-state index contributed by atoms with van der Waals surface area (Å²) in [4.78, 5) is 25.6. The van der Waals surface area contributed by atoms with Gasteiger partial charge in [-0.2, -0.15) is 0 Å². The molecule has 0 saturated carbocycles. The highest BCUT2D eigenvalue weighted by Gasteiger charge is 2.27. The van der Waals surface area contributed by atoms with E-state index in [2.05, 4.69) is 9.97 Å². The number of aromatic nitrogens is 2. The molecule has 1 aliphatic rings. The Labute approximate surface area is 139 Å². The van der Waals surface area contributed by atoms with E-state index >= 15 is 0 Å². The van der Waals surface area contributed by atoms with E-state index in [1.807, 2.05) is 41.4 Å². The highest BCUT2D eigenvalue weighted by atomic mass is 32.1. The van der Waals surface area contributed by atoms with E-state index in [1.54, 1.807) is 12.4 Å². The predicted octanol–water partition coefficient (Wildman–Crippen LogP) is 2.29. The first-order valence-corrected chi connectivity index (χ1v) is 8.51. The van der Waals surface area contributed by atoms with Crippen LogP contribution in [0.1, 0.15) is 22.5 Å². The maximum atomic E-state index is 12.5. The first-order valence-electron chi connectivity index (χ1n) is 7.63. The number of ether oxygens (including phenoxy) is 1. The van der Waals surface area contributed by atoms with Crippen molar-refractivity contribution in [1.29, 1.82) is 0 Å². The second-order valence-electron chi connectivity index (χ2n) is 5.69. The van der Waals surface area contributed by atoms with Crippen LogP contribution in [0, 0.1) is 0 Å². The van der Waals surface area contributed by atoms with E-state index in [4.69, 9.17) is 4.74 Å². The van der Waals surface area contributed by atoms with Crippen LogP contribution in [0.4, 0.5) is 5.82 Å². The Hall–Kier alpha value is -2.15. The molecule has 7 heteroatoms. The molecule has 0 aliphatic carbocycles. The number of hydrogen-bond acceptors (Lipinski definition) is 6. The van der Waals surface area contributed by atoms with Gasteiger partial charge in [0.1, 0.15) is 6.10 Å². The predicted molar refractivity (Wildman–Crippen MR) is 90.2 cm³/mol. The van der Waals surface area contributed by atoms with Gasteiger partial charge in [-0.15, -0.1) is 11.3 Å². The Morgan fingerprint density at radius 2 is 2.22 bits per heavy atom. The van der Waals surface area contributed by atoms with E-state index in [9.17, 15) is 4.79 Å². The van der Waals surface area contributed by atoms with Gasteiger partial charge in [0.2, 0.25) is 0 Å². The van der Waals surface area contributed by atoms with E-state index < -0.39 is 0 Å². The van der Waals surface area contributed by atoms with Crippen molar-refractivity contribution in [2.24, 2.45) is 0 Å². The van der Waals surface area contributed by atoms with Crippen molar-refractivity contribution >= 4 is 23.1 Å². The maximum Gasteiger partial charge on any atom is 0.264 e. The van der Waals surface area contributed by atoms with Crippen molar-refractivity contribution < 1.29 is 9.53 Å². The number of piperidine rings is 1. The molecule has 0 bridgehead atoms. The van der Waals surface area contributed by atoms with Crippen molar-refractivity contribution in [2.45, 2.75) is 18.9 Å². The monoisotopic (exact) mass is 332 g/mol. The number of carbonyl (C=O) groups excluding carboxylic acids is 1. The van der Waals surface area contributed by atoms with Crippen LogP contribution >= 0.6 is 11.3 Å². The summed E-state index contributed by atoms with van der Waals surface area (Å²) in [7, 11) is 3.81. The van der Waals surface area contributed by atoms with Crippen LogP contribution in [-0.2, 0) is 0 Å². The molecule has 0 aromatic carbocycles. The smallest absolute Gasteiger partial charge is 0.264 e. The van der Waals surface area contributed by atoms with E-state index in [-0.39, 0.29) is 12.0 Å². The van der Waals surface area contributed by atoms with Crippen LogP contribution < -0.4 is 9.64 Å². The summed E-state index contributed by atoms with van der Waals surface area (Å²) in [5.74, 6) is 1.31. The average molecular weight is 332 g/mol. The fourth-order valence-electron chi connectivity index (χ4n) is 2.64. The van der Waals surface area contributed by atoms with Crippen molar-refractivity contribution in [2.75, 3.05) is 32.1 Å². The third-order valence-electron chi connectivity index (χ3n) is 3.75. The summed E-state index contributed by atoms with van der Waals surface area (Å²) in [5.41, 5.74) is 0. The third-order valence-corrected chi connectivity index (χ3v) is 4.60. The Balaban J connectivity index is 1.69. The number of rotatable bonds is 4. The molecule has 6 nitrogen and oxygen atoms in total. The number of anilines is 1. The van der Waals surface area contributed by atoms with Crippen LogP contribution in [0.15, 0.2) is 29.9 Å². The largest absolute Gasteiger partial charge is 0.470 e. The molecule has 23 heavy (non-hydrogen) atoms. The highest BCUT2D eigenvalue weighted by molar-refractivity contribution is 7.12. The molecule has 2 aromatic heterocycles. The molecule has 1 fully saturated rings. The van der Waals surface area contributed by atoms with Gasteiger partial charge < -0.3 is 14.5 Å². The zero-order valence-corrected chi connectivity index (χ0v) is 14.1. The first-order chi connectivity index (χ1) is 11.1. The third kappa shape index (κ3) is 3.61. The molecule has 3 heterocycles. The molecular weight excluding hydrogens is 312 g/mol. The minimum absolute atomic E-state index is 0.0527. The number of thiophene rings is 1. The van der Waals surface area contributed by atoms with Crippen molar-refractivity contribution in [3.63, 3.8) is 0 Å². The SMILES string of the molecule is CN(C)c1nccnc1O[C@@H]1CCCN(C(=O)c2cccs2)C1. The lowest BCUT2D eigenvalue weighted by Gasteiger charge is -2.32. The van der Waals surface area contributed by atoms with E-state index in [1.165, 1.54) is 11.3 Å². The number of likely N-dealkylation sites (tertiary alicyclic amines) is 1. The van der Waals surface area contributed by atoms with Crippen LogP contribution in [0.3, 0.4) is 0 Å². The van der Waals surface area contributed by atoms with Gasteiger partial charge in [0.15, 0.2) is 5.82 Å². The van der Waals surface area contributed by atoms with Gasteiger partial charge in [0.05, 0.1) is 11.4 Å². The Morgan fingerprint density at radius 1 is 1.39 bits per heavy atom. The van der Waals surface area contributed by atoms with Crippen molar-refractivity contribution in [3.8, 4) is 5.88 Å². The van der Waals surface area contributed by atoms with Gasteiger partial charge in [-0.25, -0.2) is 9.97 Å². The fraction of sp³-hybridized carbons (Fsp3) is 0.438. The lowest BCUT2D eigenvalue weighted by Crippen LogP contribution is -2.44. The molecule has 1 amide bonds. The van der Waals surface area contributed by atoms with Gasteiger partial charge in [-0.1, -0.05) is 6.07 Å². The zero-order valence-electron chi connectivity index (χ0n) is 13.3. The summed E-state index contributed by atoms with van der Waals surface area (Å²) in [6.07, 6.45) is 5.06. The first kappa shape index (κ1) is 15.7. The average Bonchev–Trinajstić information content (AvgIpc) is 3.09. The second-order valence-corrected chi connectivity index (χ2v) is 6.64. The van der Waals surface area contributed by atoms with Crippen LogP contribution in [0.5, 0.6) is 5.88 Å². The Kier molecular flexibility index (Phi) is 4.76. The standard InChI is InChI=1S/C16H20N4O2S/c1-19(2)14-15(18-8-7-17-14)22-12-5-3-9-20(11-12)16(21)13-6-4-10-23-13/h4,6-8,10,12H,3,5,9,11H2,1-2H3/t12-/m1/s1. The Morgan fingerprint density at radius 3 is 2.96 bits per heavy atom. The van der Waals surface area contributed by atoms with Crippen LogP contribution in [-0.4, -0.2) is 54.1 Å². The summed E-state index contributed by atoms with van der Waals surface area (Å²) in [5, 5.41) is 1.92. The summed E-state index contributed by atoms with van der Waals surface area (Å²) in [6, 6.07) is 3.77. The molecular formula is C16H20N4O2S. The summed E-state index contributed by atoms with van der Waals surface area (Å²) < 4.78 is 6.04. The van der Waals surface area contributed by atoms with Crippen LogP contribution in [0.2, 0.25) is 0 Å². The fourth-order valence-corrected chi connectivity index (χ4v) is 3.33. The van der Waals surface area contributed by atoms with E-state index in [0.717, 1.165) is 24.3 Å². The lowest BCUT2D eigenvalue weighted by molar-refractivity contribution is 0.0532. The van der Waals surface area contributed by atoms with Crippen molar-refractivity contribution in [1.82, 2.24) is 14.9 Å². The lowest BCUT2D eigenvalue weighted by atomic mass is 10.1. The molecule has 1 aliphatic heterocycles. The molecule has 2 aromatic rings. The van der Waals surface area contributed by atoms with Gasteiger partial charge >= 0.3 is 0 Å². The quantitative estimate of drug-likeness (QED) is 0.860. The van der Waals surface area contributed by atoms with Gasteiger partial charge in [-0.05, 0) is 24.3 Å². The maximum absolute atomic E-state index is 12.5. The summed E-state index contributed by atoms with van der Waals surface area (Å²) in [6.45, 7) is 1.36. The zero-order chi connectivity index (χ0) is 16.2. The molecule has 0 radical (unpaired) electrons. The van der Waals surface area contributed by atoms with Crippen molar-refractivity contribution in [3.05, 3.63) is 34.8 Å². The Bertz CT molecular complexity index is 660. The molecule has 0 unspecified atom stereocenters. The summed E-state index contributed by atoms with van der Waals surface area (Å²) >= 11 is 1.48. The second kappa shape index (κ2) is 6.95. The molecule has 1 saturated heterocycles. The molecule has 1 atom stereocenters. The molecule has 122 valence electrons. The highest BCUT2D eigenvalue weighted by Crippen LogP contribution is 2.25. The van der Waals surface area contributed by atoms with Gasteiger partial charge in [0.25, 0.3) is 11.8 Å².